The first-order chi connectivity index (χ1) is 16.1. The fourth-order valence-corrected chi connectivity index (χ4v) is 4.27. The third-order valence-electron chi connectivity index (χ3n) is 5.92. The van der Waals surface area contributed by atoms with Crippen LogP contribution in [0.3, 0.4) is 0 Å². The zero-order valence-electron chi connectivity index (χ0n) is 17.4. The highest BCUT2D eigenvalue weighted by Gasteiger charge is 2.41. The molecule has 0 aromatic heterocycles. The SMILES string of the molecule is FC(F)(F)c1cccc(C2(c3cccc(C(F)(F)F)c3)C=Cc3c(ccc4ccccc34)O2)c1. The summed E-state index contributed by atoms with van der Waals surface area (Å²) in [6.07, 6.45) is -6.04. The maximum absolute atomic E-state index is 13.5. The van der Waals surface area contributed by atoms with Crippen molar-refractivity contribution in [3.8, 4) is 5.75 Å². The lowest BCUT2D eigenvalue weighted by Crippen LogP contribution is -2.35. The van der Waals surface area contributed by atoms with E-state index in [9.17, 15) is 26.3 Å². The Balaban J connectivity index is 1.75. The van der Waals surface area contributed by atoms with Gasteiger partial charge in [0.25, 0.3) is 0 Å². The number of hydrogen-bond acceptors (Lipinski definition) is 1. The van der Waals surface area contributed by atoms with E-state index in [0.717, 1.165) is 35.0 Å². The quantitative estimate of drug-likeness (QED) is 0.268. The summed E-state index contributed by atoms with van der Waals surface area (Å²) in [7, 11) is 0. The Labute approximate surface area is 190 Å². The van der Waals surface area contributed by atoms with Gasteiger partial charge in [-0.2, -0.15) is 26.3 Å². The number of rotatable bonds is 2. The van der Waals surface area contributed by atoms with Crippen LogP contribution in [-0.2, 0) is 18.0 Å². The Hall–Kier alpha value is -3.74. The van der Waals surface area contributed by atoms with Crippen molar-refractivity contribution in [2.45, 2.75) is 18.0 Å². The highest BCUT2D eigenvalue weighted by molar-refractivity contribution is 5.94. The number of benzene rings is 4. The van der Waals surface area contributed by atoms with Crippen molar-refractivity contribution in [3.05, 3.63) is 119 Å². The van der Waals surface area contributed by atoms with Crippen LogP contribution in [0, 0.1) is 0 Å². The van der Waals surface area contributed by atoms with E-state index in [1.807, 2.05) is 24.3 Å². The Morgan fingerprint density at radius 3 is 1.79 bits per heavy atom. The summed E-state index contributed by atoms with van der Waals surface area (Å²) < 4.78 is 87.2. The molecule has 1 aliphatic heterocycles. The molecule has 0 saturated heterocycles. The van der Waals surface area contributed by atoms with Crippen molar-refractivity contribution >= 4 is 16.8 Å². The van der Waals surface area contributed by atoms with Gasteiger partial charge < -0.3 is 4.74 Å². The average molecular weight is 470 g/mol. The smallest absolute Gasteiger partial charge is 0.416 e. The molecule has 1 aliphatic rings. The van der Waals surface area contributed by atoms with Crippen LogP contribution < -0.4 is 4.74 Å². The third kappa shape index (κ3) is 3.71. The Morgan fingerprint density at radius 1 is 0.618 bits per heavy atom. The number of halogens is 6. The van der Waals surface area contributed by atoms with E-state index in [1.165, 1.54) is 30.3 Å². The van der Waals surface area contributed by atoms with Crippen LogP contribution in [0.2, 0.25) is 0 Å². The normalized spacial score (nSPS) is 15.1. The summed E-state index contributed by atoms with van der Waals surface area (Å²) in [4.78, 5) is 0. The summed E-state index contributed by atoms with van der Waals surface area (Å²) in [6.45, 7) is 0. The molecule has 7 heteroatoms. The van der Waals surface area contributed by atoms with Crippen LogP contribution in [-0.4, -0.2) is 0 Å². The van der Waals surface area contributed by atoms with E-state index in [1.54, 1.807) is 18.2 Å². The topological polar surface area (TPSA) is 9.23 Å². The molecule has 34 heavy (non-hydrogen) atoms. The fourth-order valence-electron chi connectivity index (χ4n) is 4.27. The average Bonchev–Trinajstić information content (AvgIpc) is 2.82. The van der Waals surface area contributed by atoms with Crippen LogP contribution in [0.15, 0.2) is 91.0 Å². The van der Waals surface area contributed by atoms with Crippen LogP contribution in [0.25, 0.3) is 16.8 Å². The van der Waals surface area contributed by atoms with Crippen molar-refractivity contribution < 1.29 is 31.1 Å². The minimum atomic E-state index is -4.63. The van der Waals surface area contributed by atoms with Crippen LogP contribution in [0.1, 0.15) is 27.8 Å². The van der Waals surface area contributed by atoms with Gasteiger partial charge in [0.05, 0.1) is 11.1 Å². The van der Waals surface area contributed by atoms with Gasteiger partial charge >= 0.3 is 12.4 Å². The molecule has 0 bridgehead atoms. The molecule has 1 nitrogen and oxygen atoms in total. The molecule has 0 N–H and O–H groups in total. The van der Waals surface area contributed by atoms with Gasteiger partial charge in [0, 0.05) is 16.7 Å². The van der Waals surface area contributed by atoms with Crippen LogP contribution in [0.5, 0.6) is 5.75 Å². The second-order valence-corrected chi connectivity index (χ2v) is 8.03. The first kappa shape index (κ1) is 22.1. The molecule has 0 fully saturated rings. The summed E-state index contributed by atoms with van der Waals surface area (Å²) in [6, 6.07) is 19.9. The van der Waals surface area contributed by atoms with Gasteiger partial charge in [-0.1, -0.05) is 54.6 Å². The van der Waals surface area contributed by atoms with E-state index in [0.29, 0.717) is 11.3 Å². The third-order valence-corrected chi connectivity index (χ3v) is 5.92. The van der Waals surface area contributed by atoms with Crippen molar-refractivity contribution in [2.24, 2.45) is 0 Å². The molecule has 0 radical (unpaired) electrons. The minimum absolute atomic E-state index is 0.0664. The van der Waals surface area contributed by atoms with Crippen LogP contribution >= 0.6 is 0 Å². The maximum atomic E-state index is 13.5. The molecule has 0 spiro atoms. The van der Waals surface area contributed by atoms with Gasteiger partial charge in [0.2, 0.25) is 0 Å². The summed E-state index contributed by atoms with van der Waals surface area (Å²) in [5.74, 6) is 0.357. The number of ether oxygens (including phenoxy) is 1. The van der Waals surface area contributed by atoms with Gasteiger partial charge in [-0.3, -0.25) is 0 Å². The highest BCUT2D eigenvalue weighted by Crippen LogP contribution is 2.46. The Bertz CT molecular complexity index is 1360. The van der Waals surface area contributed by atoms with Crippen molar-refractivity contribution in [3.63, 3.8) is 0 Å². The molecule has 172 valence electrons. The first-order valence-electron chi connectivity index (χ1n) is 10.3. The predicted octanol–water partition coefficient (Wildman–Crippen LogP) is 8.23. The van der Waals surface area contributed by atoms with E-state index < -0.39 is 29.1 Å². The number of alkyl halides is 6. The molecule has 1 heterocycles. The molecule has 0 atom stereocenters. The monoisotopic (exact) mass is 470 g/mol. The van der Waals surface area contributed by atoms with Gasteiger partial charge in [0.1, 0.15) is 5.75 Å². The summed E-state index contributed by atoms with van der Waals surface area (Å²) in [5.41, 5.74) is -2.70. The summed E-state index contributed by atoms with van der Waals surface area (Å²) in [5, 5.41) is 1.79. The number of fused-ring (bicyclic) bond motifs is 3. The fraction of sp³-hybridized carbons (Fsp3) is 0.111. The van der Waals surface area contributed by atoms with Gasteiger partial charge in [-0.05, 0) is 53.3 Å². The molecular weight excluding hydrogens is 454 g/mol. The van der Waals surface area contributed by atoms with Gasteiger partial charge in [-0.25, -0.2) is 0 Å². The molecule has 0 amide bonds. The molecule has 0 aliphatic carbocycles. The largest absolute Gasteiger partial charge is 0.473 e. The standard InChI is InChI=1S/C27H16F6O/c28-26(29,30)20-8-3-6-18(15-20)25(19-7-4-9-21(16-19)27(31,32)33)14-13-23-22-10-2-1-5-17(22)11-12-24(23)34-25/h1-16H. The minimum Gasteiger partial charge on any atom is -0.473 e. The first-order valence-corrected chi connectivity index (χ1v) is 10.3. The Morgan fingerprint density at radius 2 is 1.21 bits per heavy atom. The second kappa shape index (κ2) is 7.65. The van der Waals surface area contributed by atoms with E-state index in [2.05, 4.69) is 0 Å². The molecule has 0 unspecified atom stereocenters. The molecule has 4 aromatic rings. The maximum Gasteiger partial charge on any atom is 0.416 e. The zero-order valence-corrected chi connectivity index (χ0v) is 17.4. The Kier molecular flexibility index (Phi) is 4.97. The lowest BCUT2D eigenvalue weighted by molar-refractivity contribution is -0.138. The summed E-state index contributed by atoms with van der Waals surface area (Å²) >= 11 is 0. The van der Waals surface area contributed by atoms with E-state index in [4.69, 9.17) is 4.74 Å². The lowest BCUT2D eigenvalue weighted by Gasteiger charge is -2.37. The van der Waals surface area contributed by atoms with Crippen molar-refractivity contribution in [1.82, 2.24) is 0 Å². The second-order valence-electron chi connectivity index (χ2n) is 8.03. The van der Waals surface area contributed by atoms with Crippen molar-refractivity contribution in [1.29, 1.82) is 0 Å². The highest BCUT2D eigenvalue weighted by atomic mass is 19.4. The molecule has 5 rings (SSSR count). The van der Waals surface area contributed by atoms with E-state index >= 15 is 0 Å². The van der Waals surface area contributed by atoms with Crippen molar-refractivity contribution in [2.75, 3.05) is 0 Å². The lowest BCUT2D eigenvalue weighted by atomic mass is 9.82. The van der Waals surface area contributed by atoms with Crippen LogP contribution in [0.4, 0.5) is 26.3 Å². The zero-order chi connectivity index (χ0) is 24.1. The molecular formula is C27H16F6O. The van der Waals surface area contributed by atoms with E-state index in [-0.39, 0.29) is 11.1 Å². The number of hydrogen-bond donors (Lipinski definition) is 0. The van der Waals surface area contributed by atoms with Gasteiger partial charge in [-0.15, -0.1) is 0 Å². The van der Waals surface area contributed by atoms with Gasteiger partial charge in [0.15, 0.2) is 5.60 Å². The molecule has 4 aromatic carbocycles. The molecule has 0 saturated carbocycles. The predicted molar refractivity (Wildman–Crippen MR) is 117 cm³/mol.